The number of rotatable bonds is 6. The zero-order chi connectivity index (χ0) is 14.4. The van der Waals surface area contributed by atoms with Gasteiger partial charge in [-0.15, -0.1) is 0 Å². The highest BCUT2D eigenvalue weighted by Crippen LogP contribution is 2.19. The molecule has 1 heterocycles. The molecule has 0 bridgehead atoms. The Morgan fingerprint density at radius 1 is 1.45 bits per heavy atom. The third-order valence-electron chi connectivity index (χ3n) is 3.21. The van der Waals surface area contributed by atoms with Crippen LogP contribution in [0.25, 0.3) is 0 Å². The van der Waals surface area contributed by atoms with Crippen LogP contribution in [0.5, 0.6) is 5.75 Å². The van der Waals surface area contributed by atoms with E-state index in [9.17, 15) is 4.79 Å². The van der Waals surface area contributed by atoms with Crippen molar-refractivity contribution in [2.24, 2.45) is 5.16 Å². The lowest BCUT2D eigenvalue weighted by Gasteiger charge is -2.08. The van der Waals surface area contributed by atoms with Gasteiger partial charge >= 0.3 is 0 Å². The van der Waals surface area contributed by atoms with Gasteiger partial charge in [0.05, 0.1) is 12.8 Å². The van der Waals surface area contributed by atoms with Gasteiger partial charge in [0.1, 0.15) is 5.75 Å². The average molecular weight is 276 g/mol. The van der Waals surface area contributed by atoms with Crippen molar-refractivity contribution >= 4 is 11.6 Å². The average Bonchev–Trinajstić information content (AvgIpc) is 2.97. The number of nitrogens with one attached hydrogen (secondary N) is 1. The van der Waals surface area contributed by atoms with Gasteiger partial charge in [-0.25, -0.2) is 0 Å². The van der Waals surface area contributed by atoms with Crippen molar-refractivity contribution in [1.29, 1.82) is 0 Å². The number of amides is 1. The number of methoxy groups -OCH3 is 1. The van der Waals surface area contributed by atoms with E-state index >= 15 is 0 Å². The van der Waals surface area contributed by atoms with Crippen molar-refractivity contribution < 1.29 is 14.4 Å². The van der Waals surface area contributed by atoms with Crippen molar-refractivity contribution in [1.82, 2.24) is 5.32 Å². The summed E-state index contributed by atoms with van der Waals surface area (Å²) in [6.07, 6.45) is 2.03. The summed E-state index contributed by atoms with van der Waals surface area (Å²) in [5.74, 6) is 0.702. The molecule has 1 atom stereocenters. The maximum absolute atomic E-state index is 11.9. The van der Waals surface area contributed by atoms with Crippen LogP contribution < -0.4 is 10.1 Å². The molecule has 20 heavy (non-hydrogen) atoms. The third-order valence-corrected chi connectivity index (χ3v) is 3.21. The largest absolute Gasteiger partial charge is 0.497 e. The molecular formula is C15H20N2O3. The summed E-state index contributed by atoms with van der Waals surface area (Å²) < 4.78 is 5.11. The Hall–Kier alpha value is -2.04. The van der Waals surface area contributed by atoms with Crippen LogP contribution in [0.1, 0.15) is 31.7 Å². The number of hydrogen-bond donors (Lipinski definition) is 1. The van der Waals surface area contributed by atoms with E-state index in [0.717, 1.165) is 29.9 Å². The highest BCUT2D eigenvalue weighted by Gasteiger charge is 2.28. The van der Waals surface area contributed by atoms with E-state index in [1.807, 2.05) is 24.3 Å². The summed E-state index contributed by atoms with van der Waals surface area (Å²) >= 11 is 0. The summed E-state index contributed by atoms with van der Waals surface area (Å²) in [5, 5.41) is 6.87. The molecule has 0 unspecified atom stereocenters. The van der Waals surface area contributed by atoms with Gasteiger partial charge in [-0.05, 0) is 36.2 Å². The monoisotopic (exact) mass is 276 g/mol. The SMILES string of the molecule is CCCCNC(=O)[C@@H]1CC(c2ccc(OC)cc2)=NO1. The summed E-state index contributed by atoms with van der Waals surface area (Å²) in [4.78, 5) is 17.1. The molecule has 0 saturated heterocycles. The van der Waals surface area contributed by atoms with E-state index in [-0.39, 0.29) is 5.91 Å². The zero-order valence-corrected chi connectivity index (χ0v) is 11.9. The Morgan fingerprint density at radius 3 is 2.85 bits per heavy atom. The number of carbonyl (C=O) groups excluding carboxylic acids is 1. The lowest BCUT2D eigenvalue weighted by atomic mass is 10.0. The van der Waals surface area contributed by atoms with Gasteiger partial charge in [0.25, 0.3) is 5.91 Å². The van der Waals surface area contributed by atoms with Crippen molar-refractivity contribution in [3.63, 3.8) is 0 Å². The summed E-state index contributed by atoms with van der Waals surface area (Å²) in [7, 11) is 1.63. The standard InChI is InChI=1S/C15H20N2O3/c1-3-4-9-16-15(18)14-10-13(17-20-14)11-5-7-12(19-2)8-6-11/h5-8,14H,3-4,9-10H2,1-2H3,(H,16,18)/t14-/m0/s1. The lowest BCUT2D eigenvalue weighted by Crippen LogP contribution is -2.35. The van der Waals surface area contributed by atoms with Crippen molar-refractivity contribution in [3.8, 4) is 5.75 Å². The van der Waals surface area contributed by atoms with Gasteiger partial charge in [-0.2, -0.15) is 0 Å². The molecule has 0 radical (unpaired) electrons. The van der Waals surface area contributed by atoms with Crippen molar-refractivity contribution in [3.05, 3.63) is 29.8 Å². The molecule has 1 amide bonds. The first kappa shape index (κ1) is 14.4. The topological polar surface area (TPSA) is 59.9 Å². The van der Waals surface area contributed by atoms with Gasteiger partial charge in [-0.1, -0.05) is 18.5 Å². The third kappa shape index (κ3) is 3.50. The quantitative estimate of drug-likeness (QED) is 0.809. The molecule has 0 spiro atoms. The molecule has 0 aromatic heterocycles. The molecule has 1 aliphatic heterocycles. The van der Waals surface area contributed by atoms with Crippen LogP contribution in [0.3, 0.4) is 0 Å². The molecule has 1 aromatic carbocycles. The fourth-order valence-electron chi connectivity index (χ4n) is 1.97. The first-order chi connectivity index (χ1) is 9.74. The predicted octanol–water partition coefficient (Wildman–Crippen LogP) is 2.10. The summed E-state index contributed by atoms with van der Waals surface area (Å²) in [6, 6.07) is 7.57. The van der Waals surface area contributed by atoms with Gasteiger partial charge in [0.15, 0.2) is 0 Å². The molecular weight excluding hydrogens is 256 g/mol. The fourth-order valence-corrected chi connectivity index (χ4v) is 1.97. The maximum atomic E-state index is 11.9. The lowest BCUT2D eigenvalue weighted by molar-refractivity contribution is -0.131. The number of nitrogens with zero attached hydrogens (tertiary/aromatic N) is 1. The minimum absolute atomic E-state index is 0.0919. The summed E-state index contributed by atoms with van der Waals surface area (Å²) in [5.41, 5.74) is 1.75. The Bertz CT molecular complexity index is 482. The molecule has 0 fully saturated rings. The van der Waals surface area contributed by atoms with Crippen LogP contribution in [0.2, 0.25) is 0 Å². The molecule has 0 saturated carbocycles. The zero-order valence-electron chi connectivity index (χ0n) is 11.9. The number of carbonyl (C=O) groups is 1. The smallest absolute Gasteiger partial charge is 0.264 e. The summed E-state index contributed by atoms with van der Waals surface area (Å²) in [6.45, 7) is 2.77. The predicted molar refractivity (Wildman–Crippen MR) is 76.9 cm³/mol. The second-order valence-corrected chi connectivity index (χ2v) is 4.71. The molecule has 108 valence electrons. The van der Waals surface area contributed by atoms with E-state index in [0.29, 0.717) is 13.0 Å². The second kappa shape index (κ2) is 6.93. The van der Waals surface area contributed by atoms with E-state index in [1.165, 1.54) is 0 Å². The highest BCUT2D eigenvalue weighted by molar-refractivity contribution is 6.04. The van der Waals surface area contributed by atoms with Crippen LogP contribution in [0.4, 0.5) is 0 Å². The van der Waals surface area contributed by atoms with Crippen LogP contribution in [0.15, 0.2) is 29.4 Å². The van der Waals surface area contributed by atoms with E-state index < -0.39 is 6.10 Å². The molecule has 5 nitrogen and oxygen atoms in total. The number of benzene rings is 1. The Morgan fingerprint density at radius 2 is 2.20 bits per heavy atom. The first-order valence-corrected chi connectivity index (χ1v) is 6.89. The Labute approximate surface area is 118 Å². The Kier molecular flexibility index (Phi) is 4.98. The minimum atomic E-state index is -0.510. The highest BCUT2D eigenvalue weighted by atomic mass is 16.6. The van der Waals surface area contributed by atoms with Gasteiger partial charge < -0.3 is 14.9 Å². The van der Waals surface area contributed by atoms with Crippen LogP contribution in [0, 0.1) is 0 Å². The van der Waals surface area contributed by atoms with Gasteiger partial charge in [-0.3, -0.25) is 4.79 Å². The molecule has 0 aliphatic carbocycles. The van der Waals surface area contributed by atoms with E-state index in [2.05, 4.69) is 17.4 Å². The molecule has 1 N–H and O–H groups in total. The van der Waals surface area contributed by atoms with Crippen LogP contribution in [-0.2, 0) is 9.63 Å². The molecule has 1 aromatic rings. The van der Waals surface area contributed by atoms with E-state index in [4.69, 9.17) is 9.57 Å². The van der Waals surface area contributed by atoms with Crippen LogP contribution in [-0.4, -0.2) is 31.4 Å². The first-order valence-electron chi connectivity index (χ1n) is 6.89. The number of unbranched alkanes of at least 4 members (excludes halogenated alkanes) is 1. The molecule has 2 rings (SSSR count). The second-order valence-electron chi connectivity index (χ2n) is 4.71. The fraction of sp³-hybridized carbons (Fsp3) is 0.467. The number of hydrogen-bond acceptors (Lipinski definition) is 4. The Balaban J connectivity index is 1.88. The van der Waals surface area contributed by atoms with Gasteiger partial charge in [0, 0.05) is 13.0 Å². The normalized spacial score (nSPS) is 17.3. The van der Waals surface area contributed by atoms with E-state index in [1.54, 1.807) is 7.11 Å². The van der Waals surface area contributed by atoms with Crippen LogP contribution >= 0.6 is 0 Å². The van der Waals surface area contributed by atoms with Crippen molar-refractivity contribution in [2.45, 2.75) is 32.3 Å². The number of oxime groups is 1. The van der Waals surface area contributed by atoms with Crippen molar-refractivity contribution in [2.75, 3.05) is 13.7 Å². The maximum Gasteiger partial charge on any atom is 0.264 e. The molecule has 5 heteroatoms. The minimum Gasteiger partial charge on any atom is -0.497 e. The van der Waals surface area contributed by atoms with Gasteiger partial charge in [0.2, 0.25) is 6.10 Å². The molecule has 1 aliphatic rings. The number of ether oxygens (including phenoxy) is 1.